The fraction of sp³-hybridized carbons (Fsp3) is 0.250. The third-order valence-electron chi connectivity index (χ3n) is 3.40. The maximum Gasteiger partial charge on any atom is 0.274 e. The van der Waals surface area contributed by atoms with Crippen molar-refractivity contribution in [3.63, 3.8) is 0 Å². The summed E-state index contributed by atoms with van der Waals surface area (Å²) in [5, 5.41) is 13.8. The second-order valence-corrected chi connectivity index (χ2v) is 5.19. The second-order valence-electron chi connectivity index (χ2n) is 5.19. The first kappa shape index (κ1) is 15.0. The van der Waals surface area contributed by atoms with Crippen LogP contribution < -0.4 is 5.32 Å². The van der Waals surface area contributed by atoms with Crippen LogP contribution in [0.4, 0.5) is 15.8 Å². The summed E-state index contributed by atoms with van der Waals surface area (Å²) in [6, 6.07) is 7.66. The highest BCUT2D eigenvalue weighted by Crippen LogP contribution is 2.22. The average molecular weight is 288 g/mol. The molecule has 0 saturated heterocycles. The average Bonchev–Trinajstić information content (AvgIpc) is 2.36. The van der Waals surface area contributed by atoms with Gasteiger partial charge in [0.2, 0.25) is 0 Å². The molecule has 0 spiro atoms. The highest BCUT2D eigenvalue weighted by molar-refractivity contribution is 5.52. The third kappa shape index (κ3) is 3.56. The minimum absolute atomic E-state index is 0.255. The largest absolute Gasteiger partial charge is 0.381 e. The van der Waals surface area contributed by atoms with Crippen LogP contribution in [0.3, 0.4) is 0 Å². The SMILES string of the molecule is Cc1cc(C)c(CNc2cc(F)cc([N+](=O)[O-])c2)c(C)c1. The zero-order chi connectivity index (χ0) is 15.6. The molecule has 0 aromatic heterocycles. The number of nitrogens with one attached hydrogen (secondary N) is 1. The van der Waals surface area contributed by atoms with Crippen molar-refractivity contribution in [2.75, 3.05) is 5.32 Å². The molecule has 2 aromatic carbocycles. The van der Waals surface area contributed by atoms with E-state index in [4.69, 9.17) is 0 Å². The zero-order valence-corrected chi connectivity index (χ0v) is 12.2. The van der Waals surface area contributed by atoms with Gasteiger partial charge in [-0.3, -0.25) is 10.1 Å². The Morgan fingerprint density at radius 1 is 1.10 bits per heavy atom. The molecule has 0 unspecified atom stereocenters. The Kier molecular flexibility index (Phi) is 4.21. The number of nitrogens with zero attached hydrogens (tertiary/aromatic N) is 1. The molecule has 4 nitrogen and oxygen atoms in total. The van der Waals surface area contributed by atoms with E-state index < -0.39 is 10.7 Å². The van der Waals surface area contributed by atoms with Gasteiger partial charge >= 0.3 is 0 Å². The fourth-order valence-electron chi connectivity index (χ4n) is 2.46. The molecule has 21 heavy (non-hydrogen) atoms. The molecular formula is C16H17FN2O2. The number of non-ortho nitro benzene ring substituents is 1. The van der Waals surface area contributed by atoms with Crippen LogP contribution in [0.15, 0.2) is 30.3 Å². The van der Waals surface area contributed by atoms with Gasteiger partial charge in [0.05, 0.1) is 11.0 Å². The lowest BCUT2D eigenvalue weighted by Gasteiger charge is -2.13. The number of nitro groups is 1. The van der Waals surface area contributed by atoms with E-state index in [1.165, 1.54) is 17.7 Å². The topological polar surface area (TPSA) is 55.2 Å². The van der Waals surface area contributed by atoms with Gasteiger partial charge in [-0.1, -0.05) is 17.7 Å². The molecule has 0 aliphatic carbocycles. The number of hydrogen-bond donors (Lipinski definition) is 1. The van der Waals surface area contributed by atoms with E-state index in [0.29, 0.717) is 12.2 Å². The van der Waals surface area contributed by atoms with Crippen LogP contribution in [0.25, 0.3) is 0 Å². The maximum absolute atomic E-state index is 13.4. The molecule has 5 heteroatoms. The molecule has 2 rings (SSSR count). The standard InChI is InChI=1S/C16H17FN2O2/c1-10-4-11(2)16(12(3)5-10)9-18-14-6-13(17)7-15(8-14)19(20)21/h4-8,18H,9H2,1-3H3. The lowest BCUT2D eigenvalue weighted by molar-refractivity contribution is -0.385. The van der Waals surface area contributed by atoms with Crippen molar-refractivity contribution < 1.29 is 9.31 Å². The normalized spacial score (nSPS) is 10.5. The number of hydrogen-bond acceptors (Lipinski definition) is 3. The van der Waals surface area contributed by atoms with Crippen LogP contribution >= 0.6 is 0 Å². The number of halogens is 1. The van der Waals surface area contributed by atoms with E-state index in [0.717, 1.165) is 22.8 Å². The molecule has 1 N–H and O–H groups in total. The van der Waals surface area contributed by atoms with Gasteiger partial charge in [0, 0.05) is 18.3 Å². The van der Waals surface area contributed by atoms with Crippen molar-refractivity contribution in [1.82, 2.24) is 0 Å². The van der Waals surface area contributed by atoms with E-state index >= 15 is 0 Å². The summed E-state index contributed by atoms with van der Waals surface area (Å²) in [5.41, 5.74) is 4.75. The quantitative estimate of drug-likeness (QED) is 0.675. The predicted molar refractivity (Wildman–Crippen MR) is 81.0 cm³/mol. The van der Waals surface area contributed by atoms with E-state index in [9.17, 15) is 14.5 Å². The van der Waals surface area contributed by atoms with Crippen molar-refractivity contribution >= 4 is 11.4 Å². The summed E-state index contributed by atoms with van der Waals surface area (Å²) < 4.78 is 13.4. The molecule has 0 bridgehead atoms. The van der Waals surface area contributed by atoms with Crippen LogP contribution in [-0.2, 0) is 6.54 Å². The van der Waals surface area contributed by atoms with Crippen LogP contribution in [0.2, 0.25) is 0 Å². The first-order valence-electron chi connectivity index (χ1n) is 6.62. The van der Waals surface area contributed by atoms with Crippen molar-refractivity contribution in [1.29, 1.82) is 0 Å². The Hall–Kier alpha value is -2.43. The Labute approximate surface area is 122 Å². The van der Waals surface area contributed by atoms with Gasteiger partial charge in [0.1, 0.15) is 5.82 Å². The van der Waals surface area contributed by atoms with Crippen LogP contribution in [0.5, 0.6) is 0 Å². The summed E-state index contributed by atoms with van der Waals surface area (Å²) in [5.74, 6) is -0.621. The van der Waals surface area contributed by atoms with Gasteiger partial charge in [0.15, 0.2) is 0 Å². The number of benzene rings is 2. The lowest BCUT2D eigenvalue weighted by Crippen LogP contribution is -2.05. The van der Waals surface area contributed by atoms with Gasteiger partial charge in [-0.2, -0.15) is 0 Å². The predicted octanol–water partition coefficient (Wildman–Crippen LogP) is 4.27. The van der Waals surface area contributed by atoms with Gasteiger partial charge in [-0.05, 0) is 43.5 Å². The monoisotopic (exact) mass is 288 g/mol. The molecule has 0 fully saturated rings. The number of anilines is 1. The molecule has 0 heterocycles. The van der Waals surface area contributed by atoms with E-state index in [-0.39, 0.29) is 5.69 Å². The number of aryl methyl sites for hydroxylation is 3. The molecule has 0 atom stereocenters. The second kappa shape index (κ2) is 5.91. The molecular weight excluding hydrogens is 271 g/mol. The third-order valence-corrected chi connectivity index (χ3v) is 3.40. The zero-order valence-electron chi connectivity index (χ0n) is 12.2. The van der Waals surface area contributed by atoms with Gasteiger partial charge in [0.25, 0.3) is 5.69 Å². The van der Waals surface area contributed by atoms with E-state index in [2.05, 4.69) is 17.4 Å². The maximum atomic E-state index is 13.4. The van der Waals surface area contributed by atoms with Crippen molar-refractivity contribution in [2.45, 2.75) is 27.3 Å². The molecule has 2 aromatic rings. The number of nitro benzene ring substituents is 1. The van der Waals surface area contributed by atoms with Crippen LogP contribution in [-0.4, -0.2) is 4.92 Å². The highest BCUT2D eigenvalue weighted by atomic mass is 19.1. The van der Waals surface area contributed by atoms with Crippen molar-refractivity contribution in [3.05, 3.63) is 68.5 Å². The van der Waals surface area contributed by atoms with E-state index in [1.807, 2.05) is 20.8 Å². The highest BCUT2D eigenvalue weighted by Gasteiger charge is 2.10. The molecule has 0 aliphatic rings. The Morgan fingerprint density at radius 2 is 1.71 bits per heavy atom. The number of rotatable bonds is 4. The Bertz CT molecular complexity index is 676. The smallest absolute Gasteiger partial charge is 0.274 e. The first-order chi connectivity index (χ1) is 9.86. The van der Waals surface area contributed by atoms with E-state index in [1.54, 1.807) is 0 Å². The van der Waals surface area contributed by atoms with Gasteiger partial charge in [-0.15, -0.1) is 0 Å². The minimum atomic E-state index is -0.621. The minimum Gasteiger partial charge on any atom is -0.381 e. The fourth-order valence-corrected chi connectivity index (χ4v) is 2.46. The Balaban J connectivity index is 2.23. The summed E-state index contributed by atoms with van der Waals surface area (Å²) >= 11 is 0. The lowest BCUT2D eigenvalue weighted by atomic mass is 10.00. The van der Waals surface area contributed by atoms with Crippen molar-refractivity contribution in [2.24, 2.45) is 0 Å². The van der Waals surface area contributed by atoms with Crippen LogP contribution in [0.1, 0.15) is 22.3 Å². The van der Waals surface area contributed by atoms with Gasteiger partial charge < -0.3 is 5.32 Å². The molecule has 0 saturated carbocycles. The molecule has 0 radical (unpaired) electrons. The molecule has 110 valence electrons. The van der Waals surface area contributed by atoms with Crippen molar-refractivity contribution in [3.8, 4) is 0 Å². The molecule has 0 amide bonds. The van der Waals surface area contributed by atoms with Gasteiger partial charge in [-0.25, -0.2) is 4.39 Å². The summed E-state index contributed by atoms with van der Waals surface area (Å²) in [4.78, 5) is 10.1. The summed E-state index contributed by atoms with van der Waals surface area (Å²) in [7, 11) is 0. The molecule has 0 aliphatic heterocycles. The van der Waals surface area contributed by atoms with Crippen LogP contribution in [0, 0.1) is 36.7 Å². The summed E-state index contributed by atoms with van der Waals surface area (Å²) in [6.07, 6.45) is 0. The Morgan fingerprint density at radius 3 is 2.29 bits per heavy atom. The first-order valence-corrected chi connectivity index (χ1v) is 6.62. The summed E-state index contributed by atoms with van der Waals surface area (Å²) in [6.45, 7) is 6.57.